The fraction of sp³-hybridized carbons (Fsp3) is 0.467. The minimum Gasteiger partial charge on any atom is -0.493 e. The van der Waals surface area contributed by atoms with E-state index in [-0.39, 0.29) is 0 Å². The maximum atomic E-state index is 11.3. The highest BCUT2D eigenvalue weighted by Crippen LogP contribution is 2.42. The lowest BCUT2D eigenvalue weighted by Gasteiger charge is -2.32. The molecular formula is C15H22N2O5S. The Morgan fingerprint density at radius 2 is 1.96 bits per heavy atom. The van der Waals surface area contributed by atoms with Gasteiger partial charge in [0.2, 0.25) is 10.0 Å². The topological polar surface area (TPSA) is 85.9 Å². The molecule has 128 valence electrons. The van der Waals surface area contributed by atoms with Crippen LogP contribution in [-0.2, 0) is 10.0 Å². The fourth-order valence-corrected chi connectivity index (χ4v) is 2.55. The number of benzene rings is 1. The lowest BCUT2D eigenvalue weighted by molar-refractivity contribution is 0.156. The Bertz CT molecular complexity index is 726. The number of hydrogen-bond donors (Lipinski definition) is 2. The van der Waals surface area contributed by atoms with E-state index < -0.39 is 15.6 Å². The van der Waals surface area contributed by atoms with Crippen molar-refractivity contribution in [2.24, 2.45) is 0 Å². The number of hydrogen-bond acceptors (Lipinski definition) is 6. The summed E-state index contributed by atoms with van der Waals surface area (Å²) in [5.74, 6) is 1.70. The van der Waals surface area contributed by atoms with Crippen molar-refractivity contribution in [1.29, 1.82) is 0 Å². The molecule has 0 saturated heterocycles. The monoisotopic (exact) mass is 342 g/mol. The Balaban J connectivity index is 2.47. The molecule has 0 spiro atoms. The molecule has 8 heteroatoms. The van der Waals surface area contributed by atoms with Crippen LogP contribution >= 0.6 is 0 Å². The molecule has 1 heterocycles. The predicted octanol–water partition coefficient (Wildman–Crippen LogP) is 1.66. The van der Waals surface area contributed by atoms with Gasteiger partial charge in [0.25, 0.3) is 0 Å². The molecule has 2 rings (SSSR count). The average Bonchev–Trinajstić information content (AvgIpc) is 2.42. The first-order valence-corrected chi connectivity index (χ1v) is 9.04. The van der Waals surface area contributed by atoms with Gasteiger partial charge < -0.3 is 19.6 Å². The Morgan fingerprint density at radius 3 is 2.52 bits per heavy atom. The van der Waals surface area contributed by atoms with E-state index in [1.807, 2.05) is 20.8 Å². The molecule has 0 unspecified atom stereocenters. The highest BCUT2D eigenvalue weighted by Gasteiger charge is 2.28. The van der Waals surface area contributed by atoms with E-state index in [1.165, 1.54) is 0 Å². The van der Waals surface area contributed by atoms with Crippen molar-refractivity contribution in [3.63, 3.8) is 0 Å². The SMILES string of the molecule is CCOc1cc2c(cc1OC)C(NNS(C)(=O)=O)=CC(C)(C)O2. The molecule has 1 aromatic rings. The summed E-state index contributed by atoms with van der Waals surface area (Å²) in [4.78, 5) is 2.27. The standard InChI is InChI=1S/C15H22N2O5S/c1-6-21-14-8-12-10(7-13(14)20-4)11(9-15(2,3)22-12)16-17-23(5,18)19/h7-9,16-17H,6H2,1-5H3. The zero-order valence-corrected chi connectivity index (χ0v) is 14.7. The molecular weight excluding hydrogens is 320 g/mol. The van der Waals surface area contributed by atoms with E-state index in [4.69, 9.17) is 14.2 Å². The van der Waals surface area contributed by atoms with Crippen molar-refractivity contribution in [3.05, 3.63) is 23.8 Å². The molecule has 7 nitrogen and oxygen atoms in total. The highest BCUT2D eigenvalue weighted by molar-refractivity contribution is 7.88. The summed E-state index contributed by atoms with van der Waals surface area (Å²) >= 11 is 0. The quantitative estimate of drug-likeness (QED) is 0.765. The van der Waals surface area contributed by atoms with Crippen molar-refractivity contribution in [3.8, 4) is 17.2 Å². The van der Waals surface area contributed by atoms with Gasteiger partial charge in [-0.2, -0.15) is 0 Å². The van der Waals surface area contributed by atoms with Crippen molar-refractivity contribution in [2.75, 3.05) is 20.0 Å². The zero-order valence-electron chi connectivity index (χ0n) is 13.9. The molecule has 0 fully saturated rings. The summed E-state index contributed by atoms with van der Waals surface area (Å²) in [6.45, 7) is 6.13. The minimum atomic E-state index is -3.39. The maximum Gasteiger partial charge on any atom is 0.225 e. The van der Waals surface area contributed by atoms with E-state index in [2.05, 4.69) is 10.3 Å². The van der Waals surface area contributed by atoms with Gasteiger partial charge in [-0.25, -0.2) is 8.42 Å². The second-order valence-corrected chi connectivity index (χ2v) is 7.44. The summed E-state index contributed by atoms with van der Waals surface area (Å²) in [6, 6.07) is 3.49. The number of methoxy groups -OCH3 is 1. The molecule has 1 aliphatic rings. The van der Waals surface area contributed by atoms with Gasteiger partial charge >= 0.3 is 0 Å². The lowest BCUT2D eigenvalue weighted by Crippen LogP contribution is -2.39. The van der Waals surface area contributed by atoms with Gasteiger partial charge in [0.05, 0.1) is 25.7 Å². The Kier molecular flexibility index (Phi) is 4.76. The van der Waals surface area contributed by atoms with Gasteiger partial charge in [0.1, 0.15) is 11.4 Å². The number of rotatable bonds is 6. The van der Waals surface area contributed by atoms with E-state index >= 15 is 0 Å². The van der Waals surface area contributed by atoms with Crippen LogP contribution in [-0.4, -0.2) is 34.0 Å². The van der Waals surface area contributed by atoms with Crippen molar-refractivity contribution in [1.82, 2.24) is 10.3 Å². The summed E-state index contributed by atoms with van der Waals surface area (Å²) in [5.41, 5.74) is 3.39. The number of ether oxygens (including phenoxy) is 3. The molecule has 23 heavy (non-hydrogen) atoms. The number of sulfonamides is 1. The van der Waals surface area contributed by atoms with Crippen LogP contribution in [0.4, 0.5) is 0 Å². The van der Waals surface area contributed by atoms with Gasteiger partial charge in [-0.15, -0.1) is 4.83 Å². The molecule has 0 amide bonds. The van der Waals surface area contributed by atoms with Crippen molar-refractivity contribution in [2.45, 2.75) is 26.4 Å². The summed E-state index contributed by atoms with van der Waals surface area (Å²) in [6.07, 6.45) is 2.87. The first-order valence-electron chi connectivity index (χ1n) is 7.15. The maximum absolute atomic E-state index is 11.3. The molecule has 1 aromatic carbocycles. The molecule has 0 atom stereocenters. The van der Waals surface area contributed by atoms with Gasteiger partial charge in [0.15, 0.2) is 11.5 Å². The molecule has 0 bridgehead atoms. The van der Waals surface area contributed by atoms with Crippen LogP contribution in [0.15, 0.2) is 18.2 Å². The normalized spacial score (nSPS) is 16.0. The first kappa shape index (κ1) is 17.4. The van der Waals surface area contributed by atoms with Crippen LogP contribution in [0.25, 0.3) is 5.70 Å². The van der Waals surface area contributed by atoms with Crippen LogP contribution in [0.3, 0.4) is 0 Å². The van der Waals surface area contributed by atoms with E-state index in [9.17, 15) is 8.42 Å². The third-order valence-electron chi connectivity index (χ3n) is 3.09. The number of fused-ring (bicyclic) bond motifs is 1. The molecule has 2 N–H and O–H groups in total. The van der Waals surface area contributed by atoms with Gasteiger partial charge in [-0.3, -0.25) is 0 Å². The Hall–Kier alpha value is -1.93. The van der Waals surface area contributed by atoms with E-state index in [1.54, 1.807) is 25.3 Å². The fourth-order valence-electron chi connectivity index (χ4n) is 2.25. The van der Waals surface area contributed by atoms with Crippen LogP contribution < -0.4 is 24.5 Å². The molecule has 0 radical (unpaired) electrons. The largest absolute Gasteiger partial charge is 0.493 e. The second kappa shape index (κ2) is 6.29. The average molecular weight is 342 g/mol. The molecule has 1 aliphatic heterocycles. The predicted molar refractivity (Wildman–Crippen MR) is 88.0 cm³/mol. The lowest BCUT2D eigenvalue weighted by atomic mass is 9.99. The summed E-state index contributed by atoms with van der Waals surface area (Å²) < 4.78 is 39.5. The first-order chi connectivity index (χ1) is 10.6. The highest BCUT2D eigenvalue weighted by atomic mass is 32.2. The third-order valence-corrected chi connectivity index (χ3v) is 3.56. The molecule has 0 saturated carbocycles. The van der Waals surface area contributed by atoms with Gasteiger partial charge in [-0.05, 0) is 32.9 Å². The Morgan fingerprint density at radius 1 is 1.26 bits per heavy atom. The zero-order chi connectivity index (χ0) is 17.3. The van der Waals surface area contributed by atoms with Gasteiger partial charge in [0, 0.05) is 11.6 Å². The van der Waals surface area contributed by atoms with E-state index in [0.29, 0.717) is 35.1 Å². The molecule has 0 aliphatic carbocycles. The minimum absolute atomic E-state index is 0.495. The smallest absolute Gasteiger partial charge is 0.225 e. The van der Waals surface area contributed by atoms with Crippen LogP contribution in [0.5, 0.6) is 17.2 Å². The number of nitrogens with one attached hydrogen (secondary N) is 2. The Labute approximate surface area is 136 Å². The van der Waals surface area contributed by atoms with Crippen LogP contribution in [0.2, 0.25) is 0 Å². The second-order valence-electron chi connectivity index (χ2n) is 5.69. The summed E-state index contributed by atoms with van der Waals surface area (Å²) in [7, 11) is -1.85. The van der Waals surface area contributed by atoms with Crippen molar-refractivity contribution < 1.29 is 22.6 Å². The molecule has 0 aromatic heterocycles. The number of hydrazine groups is 1. The van der Waals surface area contributed by atoms with Crippen molar-refractivity contribution >= 4 is 15.7 Å². The summed E-state index contributed by atoms with van der Waals surface area (Å²) in [5, 5.41) is 0. The van der Waals surface area contributed by atoms with Crippen LogP contribution in [0.1, 0.15) is 26.3 Å². The van der Waals surface area contributed by atoms with Gasteiger partial charge in [-0.1, -0.05) is 0 Å². The van der Waals surface area contributed by atoms with Crippen LogP contribution in [0, 0.1) is 0 Å². The van der Waals surface area contributed by atoms with E-state index in [0.717, 1.165) is 6.26 Å². The third kappa shape index (κ3) is 4.29.